The van der Waals surface area contributed by atoms with Crippen LogP contribution in [-0.4, -0.2) is 67.7 Å². The molecule has 0 aromatic heterocycles. The van der Waals surface area contributed by atoms with Gasteiger partial charge in [-0.3, -0.25) is 14.9 Å². The average Bonchev–Trinajstić information content (AvgIpc) is 3.04. The van der Waals surface area contributed by atoms with Crippen molar-refractivity contribution in [3.63, 3.8) is 0 Å². The second-order valence-electron chi connectivity index (χ2n) is 7.23. The number of rotatable bonds is 7. The second-order valence-corrected chi connectivity index (χ2v) is 9.17. The Morgan fingerprint density at radius 3 is 2.31 bits per heavy atom. The highest BCUT2D eigenvalue weighted by Crippen LogP contribution is 2.19. The van der Waals surface area contributed by atoms with Crippen molar-refractivity contribution in [1.29, 1.82) is 0 Å². The van der Waals surface area contributed by atoms with Crippen molar-refractivity contribution in [3.05, 3.63) is 29.8 Å². The number of aryl methyl sites for hydroxylation is 1. The molecule has 0 saturated carbocycles. The first-order valence-corrected chi connectivity index (χ1v) is 11.2. The predicted octanol–water partition coefficient (Wildman–Crippen LogP) is 0.460. The molecule has 158 valence electrons. The lowest BCUT2D eigenvalue weighted by molar-refractivity contribution is -0.132. The molecule has 0 aliphatic carbocycles. The van der Waals surface area contributed by atoms with E-state index in [9.17, 15) is 22.8 Å². The van der Waals surface area contributed by atoms with E-state index in [0.717, 1.165) is 18.4 Å². The van der Waals surface area contributed by atoms with E-state index in [1.165, 1.54) is 4.31 Å². The van der Waals surface area contributed by atoms with E-state index in [2.05, 4.69) is 17.6 Å². The normalized spacial score (nSPS) is 20.4. The van der Waals surface area contributed by atoms with Gasteiger partial charge < -0.3 is 10.2 Å². The van der Waals surface area contributed by atoms with E-state index in [4.69, 9.17) is 0 Å². The zero-order chi connectivity index (χ0) is 21.0. The Labute approximate surface area is 170 Å². The molecule has 2 N–H and O–H groups in total. The Morgan fingerprint density at radius 1 is 1.10 bits per heavy atom. The summed E-state index contributed by atoms with van der Waals surface area (Å²) in [6.45, 7) is 3.13. The number of carbonyl (C=O) groups excluding carboxylic acids is 3. The number of amides is 4. The molecule has 3 rings (SSSR count). The van der Waals surface area contributed by atoms with Crippen molar-refractivity contribution in [2.24, 2.45) is 0 Å². The third-order valence-corrected chi connectivity index (χ3v) is 7.11. The monoisotopic (exact) mass is 422 g/mol. The van der Waals surface area contributed by atoms with Gasteiger partial charge in [-0.05, 0) is 30.5 Å². The summed E-state index contributed by atoms with van der Waals surface area (Å²) in [6.07, 6.45) is 2.25. The minimum atomic E-state index is -3.59. The number of nitrogens with zero attached hydrogens (tertiary/aromatic N) is 2. The summed E-state index contributed by atoms with van der Waals surface area (Å²) in [5.74, 6) is -0.580. The van der Waals surface area contributed by atoms with Gasteiger partial charge in [0.1, 0.15) is 6.04 Å². The van der Waals surface area contributed by atoms with Crippen molar-refractivity contribution in [1.82, 2.24) is 19.8 Å². The molecule has 9 nitrogen and oxygen atoms in total. The van der Waals surface area contributed by atoms with Crippen LogP contribution in [0.1, 0.15) is 31.7 Å². The summed E-state index contributed by atoms with van der Waals surface area (Å²) < 4.78 is 27.1. The van der Waals surface area contributed by atoms with Gasteiger partial charge in [0.25, 0.3) is 5.91 Å². The molecule has 2 aliphatic rings. The van der Waals surface area contributed by atoms with E-state index in [1.54, 1.807) is 17.0 Å². The Kier molecular flexibility index (Phi) is 6.53. The molecule has 2 aliphatic heterocycles. The molecule has 2 saturated heterocycles. The maximum atomic E-state index is 12.8. The molecule has 2 fully saturated rings. The largest absolute Gasteiger partial charge is 0.340 e. The van der Waals surface area contributed by atoms with E-state index in [0.29, 0.717) is 13.1 Å². The molecule has 1 unspecified atom stereocenters. The fraction of sp³-hybridized carbons (Fsp3) is 0.526. The predicted molar refractivity (Wildman–Crippen MR) is 105 cm³/mol. The lowest BCUT2D eigenvalue weighted by Gasteiger charge is -2.34. The van der Waals surface area contributed by atoms with Gasteiger partial charge >= 0.3 is 6.03 Å². The van der Waals surface area contributed by atoms with Crippen LogP contribution in [-0.2, 0) is 26.0 Å². The van der Waals surface area contributed by atoms with Crippen LogP contribution in [0.5, 0.6) is 0 Å². The van der Waals surface area contributed by atoms with Crippen LogP contribution >= 0.6 is 0 Å². The molecule has 1 atom stereocenters. The standard InChI is InChI=1S/C19H26N4O5S/c1-2-3-14-4-6-15(7-5-14)29(27,28)23-12-10-22(11-13-23)17(24)9-8-16-18(25)21-19(26)20-16/h4-7,16H,2-3,8-13H2,1H3,(H2,20,21,25,26). The number of benzene rings is 1. The Morgan fingerprint density at radius 2 is 1.76 bits per heavy atom. The Hall–Kier alpha value is -2.46. The molecule has 29 heavy (non-hydrogen) atoms. The number of piperazine rings is 1. The molecular formula is C19H26N4O5S. The number of sulfonamides is 1. The van der Waals surface area contributed by atoms with Crippen molar-refractivity contribution < 1.29 is 22.8 Å². The molecule has 0 bridgehead atoms. The Balaban J connectivity index is 1.52. The van der Waals surface area contributed by atoms with Crippen molar-refractivity contribution in [2.75, 3.05) is 26.2 Å². The van der Waals surface area contributed by atoms with Gasteiger partial charge in [-0.15, -0.1) is 0 Å². The number of carbonyl (C=O) groups is 3. The minimum Gasteiger partial charge on any atom is -0.340 e. The van der Waals surface area contributed by atoms with Gasteiger partial charge in [0.05, 0.1) is 4.90 Å². The first-order chi connectivity index (χ1) is 13.8. The van der Waals surface area contributed by atoms with Gasteiger partial charge in [-0.25, -0.2) is 13.2 Å². The van der Waals surface area contributed by atoms with E-state index < -0.39 is 28.0 Å². The maximum absolute atomic E-state index is 12.8. The molecule has 0 radical (unpaired) electrons. The maximum Gasteiger partial charge on any atom is 0.322 e. The van der Waals surface area contributed by atoms with Crippen molar-refractivity contribution in [3.8, 4) is 0 Å². The average molecular weight is 423 g/mol. The number of nitrogens with one attached hydrogen (secondary N) is 2. The first kappa shape index (κ1) is 21.3. The number of imide groups is 1. The first-order valence-electron chi connectivity index (χ1n) is 9.79. The molecule has 0 spiro atoms. The quantitative estimate of drug-likeness (QED) is 0.620. The molecule has 10 heteroatoms. The fourth-order valence-corrected chi connectivity index (χ4v) is 4.95. The van der Waals surface area contributed by atoms with Crippen LogP contribution in [0.25, 0.3) is 0 Å². The summed E-state index contributed by atoms with van der Waals surface area (Å²) in [5.41, 5.74) is 1.11. The highest BCUT2D eigenvalue weighted by molar-refractivity contribution is 7.89. The third-order valence-electron chi connectivity index (χ3n) is 5.20. The summed E-state index contributed by atoms with van der Waals surface area (Å²) >= 11 is 0. The topological polar surface area (TPSA) is 116 Å². The molecule has 4 amide bonds. The second kappa shape index (κ2) is 8.91. The molecule has 1 aromatic carbocycles. The van der Waals surface area contributed by atoms with Crippen LogP contribution in [0.3, 0.4) is 0 Å². The summed E-state index contributed by atoms with van der Waals surface area (Å²) in [4.78, 5) is 36.9. The summed E-state index contributed by atoms with van der Waals surface area (Å²) in [5, 5.41) is 4.59. The fourth-order valence-electron chi connectivity index (χ4n) is 3.53. The van der Waals surface area contributed by atoms with Gasteiger partial charge in [0.2, 0.25) is 15.9 Å². The van der Waals surface area contributed by atoms with Crippen molar-refractivity contribution >= 4 is 27.9 Å². The van der Waals surface area contributed by atoms with Gasteiger partial charge in [-0.2, -0.15) is 4.31 Å². The van der Waals surface area contributed by atoms with E-state index >= 15 is 0 Å². The lowest BCUT2D eigenvalue weighted by atomic mass is 10.1. The van der Waals surface area contributed by atoms with Gasteiger partial charge in [0.15, 0.2) is 0 Å². The summed E-state index contributed by atoms with van der Waals surface area (Å²) in [7, 11) is -3.59. The molecule has 1 aromatic rings. The Bertz CT molecular complexity index is 876. The number of urea groups is 1. The van der Waals surface area contributed by atoms with Crippen LogP contribution in [0.15, 0.2) is 29.2 Å². The van der Waals surface area contributed by atoms with Gasteiger partial charge in [-0.1, -0.05) is 25.5 Å². The molecular weight excluding hydrogens is 396 g/mol. The highest BCUT2D eigenvalue weighted by atomic mass is 32.2. The van der Waals surface area contributed by atoms with Crippen molar-refractivity contribution in [2.45, 2.75) is 43.5 Å². The number of hydrogen-bond donors (Lipinski definition) is 2. The number of hydrogen-bond acceptors (Lipinski definition) is 5. The minimum absolute atomic E-state index is 0.115. The zero-order valence-corrected chi connectivity index (χ0v) is 17.2. The van der Waals surface area contributed by atoms with E-state index in [-0.39, 0.29) is 36.7 Å². The van der Waals surface area contributed by atoms with E-state index in [1.807, 2.05) is 12.1 Å². The van der Waals surface area contributed by atoms with Crippen LogP contribution in [0.4, 0.5) is 4.79 Å². The lowest BCUT2D eigenvalue weighted by Crippen LogP contribution is -2.50. The van der Waals surface area contributed by atoms with Gasteiger partial charge in [0, 0.05) is 32.6 Å². The zero-order valence-electron chi connectivity index (χ0n) is 16.4. The molecule has 2 heterocycles. The highest BCUT2D eigenvalue weighted by Gasteiger charge is 2.32. The summed E-state index contributed by atoms with van der Waals surface area (Å²) in [6, 6.07) is 5.72. The van der Waals surface area contributed by atoms with Crippen LogP contribution in [0, 0.1) is 0 Å². The smallest absolute Gasteiger partial charge is 0.322 e. The SMILES string of the molecule is CCCc1ccc(S(=O)(=O)N2CCN(C(=O)CCC3NC(=O)NC3=O)CC2)cc1. The third kappa shape index (κ3) is 4.94. The van der Waals surface area contributed by atoms with Crippen LogP contribution in [0.2, 0.25) is 0 Å². The van der Waals surface area contributed by atoms with Crippen LogP contribution < -0.4 is 10.6 Å².